The van der Waals surface area contributed by atoms with E-state index in [9.17, 15) is 9.90 Å². The molecule has 1 aromatic heterocycles. The van der Waals surface area contributed by atoms with E-state index < -0.39 is 12.0 Å². The number of nitrogens with zero attached hydrogens (tertiary/aromatic N) is 3. The molecule has 2 aromatic rings. The van der Waals surface area contributed by atoms with Gasteiger partial charge >= 0.3 is 0 Å². The number of aromatic nitrogens is 1. The summed E-state index contributed by atoms with van der Waals surface area (Å²) in [5.41, 5.74) is 1.40. The number of amides is 1. The minimum atomic E-state index is -1.23. The van der Waals surface area contributed by atoms with Gasteiger partial charge < -0.3 is 10.0 Å². The fraction of sp³-hybridized carbons (Fsp3) is 0.235. The highest BCUT2D eigenvalue weighted by Gasteiger charge is 2.23. The molecule has 1 aromatic carbocycles. The van der Waals surface area contributed by atoms with Gasteiger partial charge in [-0.1, -0.05) is 36.4 Å². The largest absolute Gasteiger partial charge is 0.378 e. The number of benzene rings is 1. The molecule has 0 aliphatic heterocycles. The summed E-state index contributed by atoms with van der Waals surface area (Å²) in [5.74, 6) is -0.412. The van der Waals surface area contributed by atoms with Gasteiger partial charge in [-0.15, -0.1) is 0 Å². The lowest BCUT2D eigenvalue weighted by Gasteiger charge is -2.24. The Kier molecular flexibility index (Phi) is 5.64. The SMILES string of the molecule is N#CCCN(Cc1cccnc1)C(=O)C(O)c1ccccc1. The van der Waals surface area contributed by atoms with Crippen molar-refractivity contribution in [3.8, 4) is 6.07 Å². The average molecular weight is 295 g/mol. The van der Waals surface area contributed by atoms with Crippen molar-refractivity contribution in [2.75, 3.05) is 6.54 Å². The fourth-order valence-corrected chi connectivity index (χ4v) is 2.12. The van der Waals surface area contributed by atoms with E-state index in [-0.39, 0.29) is 13.0 Å². The van der Waals surface area contributed by atoms with Gasteiger partial charge in [0.1, 0.15) is 0 Å². The van der Waals surface area contributed by atoms with Crippen LogP contribution < -0.4 is 0 Å². The molecule has 0 spiro atoms. The molecule has 1 atom stereocenters. The van der Waals surface area contributed by atoms with Crippen LogP contribution in [0.3, 0.4) is 0 Å². The first-order valence-electron chi connectivity index (χ1n) is 7.00. The van der Waals surface area contributed by atoms with Crippen LogP contribution in [0.25, 0.3) is 0 Å². The van der Waals surface area contributed by atoms with E-state index in [0.717, 1.165) is 5.56 Å². The minimum absolute atomic E-state index is 0.216. The lowest BCUT2D eigenvalue weighted by Crippen LogP contribution is -2.35. The van der Waals surface area contributed by atoms with Crippen LogP contribution in [0, 0.1) is 11.3 Å². The molecule has 0 bridgehead atoms. The number of nitriles is 1. The molecular weight excluding hydrogens is 278 g/mol. The zero-order valence-electron chi connectivity index (χ0n) is 12.1. The second-order valence-corrected chi connectivity index (χ2v) is 4.84. The lowest BCUT2D eigenvalue weighted by molar-refractivity contribution is -0.141. The Morgan fingerprint density at radius 3 is 2.68 bits per heavy atom. The van der Waals surface area contributed by atoms with Crippen molar-refractivity contribution >= 4 is 5.91 Å². The van der Waals surface area contributed by atoms with Gasteiger partial charge in [0.25, 0.3) is 5.91 Å². The molecule has 1 heterocycles. The van der Waals surface area contributed by atoms with Crippen LogP contribution in [0.15, 0.2) is 54.9 Å². The third kappa shape index (κ3) is 4.14. The molecule has 0 radical (unpaired) electrons. The molecule has 1 N–H and O–H groups in total. The lowest BCUT2D eigenvalue weighted by atomic mass is 10.1. The average Bonchev–Trinajstić information content (AvgIpc) is 2.59. The third-order valence-electron chi connectivity index (χ3n) is 3.25. The second kappa shape index (κ2) is 7.91. The van der Waals surface area contributed by atoms with E-state index in [1.165, 1.54) is 4.90 Å². The van der Waals surface area contributed by atoms with Crippen molar-refractivity contribution in [1.82, 2.24) is 9.88 Å². The van der Waals surface area contributed by atoms with Gasteiger partial charge in [0.05, 0.1) is 12.5 Å². The molecule has 0 saturated heterocycles. The van der Waals surface area contributed by atoms with Gasteiger partial charge in [0.2, 0.25) is 0 Å². The molecule has 1 amide bonds. The highest BCUT2D eigenvalue weighted by Crippen LogP contribution is 2.17. The number of aliphatic hydroxyl groups is 1. The van der Waals surface area contributed by atoms with Crippen LogP contribution in [0.2, 0.25) is 0 Å². The molecule has 0 fully saturated rings. The van der Waals surface area contributed by atoms with Gasteiger partial charge in [-0.05, 0) is 17.2 Å². The van der Waals surface area contributed by atoms with Crippen LogP contribution in [0.1, 0.15) is 23.7 Å². The summed E-state index contributed by atoms with van der Waals surface area (Å²) < 4.78 is 0. The van der Waals surface area contributed by atoms with Crippen molar-refractivity contribution in [3.05, 3.63) is 66.0 Å². The van der Waals surface area contributed by atoms with E-state index in [1.807, 2.05) is 18.2 Å². The highest BCUT2D eigenvalue weighted by atomic mass is 16.3. The van der Waals surface area contributed by atoms with Crippen molar-refractivity contribution < 1.29 is 9.90 Å². The molecule has 0 aliphatic carbocycles. The molecule has 0 saturated carbocycles. The van der Waals surface area contributed by atoms with Crippen LogP contribution >= 0.6 is 0 Å². The van der Waals surface area contributed by atoms with Gasteiger partial charge in [0.15, 0.2) is 6.10 Å². The molecule has 2 rings (SSSR count). The predicted molar refractivity (Wildman–Crippen MR) is 81.3 cm³/mol. The standard InChI is InChI=1S/C17H17N3O2/c18-9-5-11-20(13-14-6-4-10-19-12-14)17(22)16(21)15-7-2-1-3-8-15/h1-4,6-8,10,12,16,21H,5,11,13H2. The summed E-state index contributed by atoms with van der Waals surface area (Å²) in [4.78, 5) is 18.0. The molecule has 5 nitrogen and oxygen atoms in total. The molecule has 5 heteroatoms. The van der Waals surface area contributed by atoms with E-state index in [2.05, 4.69) is 4.98 Å². The summed E-state index contributed by atoms with van der Waals surface area (Å²) in [7, 11) is 0. The van der Waals surface area contributed by atoms with E-state index in [4.69, 9.17) is 5.26 Å². The number of hydrogen-bond donors (Lipinski definition) is 1. The number of carbonyl (C=O) groups excluding carboxylic acids is 1. The zero-order chi connectivity index (χ0) is 15.8. The summed E-state index contributed by atoms with van der Waals surface area (Å²) in [5, 5.41) is 19.0. The first-order valence-corrected chi connectivity index (χ1v) is 7.00. The number of hydrogen-bond acceptors (Lipinski definition) is 4. The number of carbonyl (C=O) groups is 1. The fourth-order valence-electron chi connectivity index (χ4n) is 2.12. The molecule has 0 aliphatic rings. The zero-order valence-corrected chi connectivity index (χ0v) is 12.1. The first kappa shape index (κ1) is 15.7. The van der Waals surface area contributed by atoms with Crippen LogP contribution in [-0.2, 0) is 11.3 Å². The topological polar surface area (TPSA) is 77.2 Å². The molecule has 22 heavy (non-hydrogen) atoms. The summed E-state index contributed by atoms with van der Waals surface area (Å²) >= 11 is 0. The van der Waals surface area contributed by atoms with Crippen LogP contribution in [0.5, 0.6) is 0 Å². The molecular formula is C17H17N3O2. The Morgan fingerprint density at radius 2 is 2.05 bits per heavy atom. The monoisotopic (exact) mass is 295 g/mol. The van der Waals surface area contributed by atoms with Crippen molar-refractivity contribution in [3.63, 3.8) is 0 Å². The number of aliphatic hydroxyl groups excluding tert-OH is 1. The smallest absolute Gasteiger partial charge is 0.256 e. The highest BCUT2D eigenvalue weighted by molar-refractivity contribution is 5.82. The summed E-state index contributed by atoms with van der Waals surface area (Å²) in [6.07, 6.45) is 2.32. The Balaban J connectivity index is 2.14. The Labute approximate surface area is 129 Å². The number of rotatable bonds is 6. The van der Waals surface area contributed by atoms with E-state index in [1.54, 1.807) is 42.7 Å². The van der Waals surface area contributed by atoms with Crippen molar-refractivity contribution in [1.29, 1.82) is 5.26 Å². The first-order chi connectivity index (χ1) is 10.7. The Bertz CT molecular complexity index is 638. The van der Waals surface area contributed by atoms with Crippen molar-refractivity contribution in [2.24, 2.45) is 0 Å². The summed E-state index contributed by atoms with van der Waals surface area (Å²) in [6.45, 7) is 0.590. The Hall–Kier alpha value is -2.71. The van der Waals surface area contributed by atoms with Crippen LogP contribution in [0.4, 0.5) is 0 Å². The van der Waals surface area contributed by atoms with Gasteiger partial charge in [-0.25, -0.2) is 0 Å². The van der Waals surface area contributed by atoms with E-state index in [0.29, 0.717) is 12.1 Å². The van der Waals surface area contributed by atoms with Gasteiger partial charge in [-0.2, -0.15) is 5.26 Å². The van der Waals surface area contributed by atoms with Gasteiger partial charge in [-0.3, -0.25) is 9.78 Å². The maximum absolute atomic E-state index is 12.5. The normalized spacial score (nSPS) is 11.5. The number of pyridine rings is 1. The maximum atomic E-state index is 12.5. The maximum Gasteiger partial charge on any atom is 0.256 e. The summed E-state index contributed by atoms with van der Waals surface area (Å²) in [6, 6.07) is 14.4. The molecule has 112 valence electrons. The van der Waals surface area contributed by atoms with Crippen LogP contribution in [-0.4, -0.2) is 27.4 Å². The van der Waals surface area contributed by atoms with E-state index >= 15 is 0 Å². The third-order valence-corrected chi connectivity index (χ3v) is 3.25. The second-order valence-electron chi connectivity index (χ2n) is 4.84. The van der Waals surface area contributed by atoms with Crippen molar-refractivity contribution in [2.45, 2.75) is 19.1 Å². The predicted octanol–water partition coefficient (Wildman–Crippen LogP) is 2.06. The minimum Gasteiger partial charge on any atom is -0.378 e. The van der Waals surface area contributed by atoms with Gasteiger partial charge in [0, 0.05) is 25.5 Å². The quantitative estimate of drug-likeness (QED) is 0.885. The molecule has 1 unspecified atom stereocenters. The Morgan fingerprint density at radius 1 is 1.27 bits per heavy atom.